The molecular formula is C16H17N3O7S2. The molecule has 12 heteroatoms. The van der Waals surface area contributed by atoms with Crippen molar-refractivity contribution in [3.63, 3.8) is 0 Å². The highest BCUT2D eigenvalue weighted by molar-refractivity contribution is 8.00. The molecule has 1 fully saturated rings. The number of carbonyl (C=O) groups excluding carboxylic acids is 3. The lowest BCUT2D eigenvalue weighted by atomic mass is 9.98. The van der Waals surface area contributed by atoms with Crippen LogP contribution in [-0.4, -0.2) is 64.5 Å². The van der Waals surface area contributed by atoms with Gasteiger partial charge in [-0.1, -0.05) is 0 Å². The molecule has 1 saturated heterocycles. The molecule has 4 N–H and O–H groups in total. The van der Waals surface area contributed by atoms with Crippen molar-refractivity contribution in [2.75, 3.05) is 19.5 Å². The van der Waals surface area contributed by atoms with E-state index in [0.717, 1.165) is 10.5 Å². The zero-order chi connectivity index (χ0) is 20.5. The first kappa shape index (κ1) is 20.2. The third-order valence-corrected chi connectivity index (χ3v) is 6.40. The second kappa shape index (κ2) is 7.81. The molecular weight excluding hydrogens is 410 g/mol. The van der Waals surface area contributed by atoms with Crippen molar-refractivity contribution in [1.82, 2.24) is 10.2 Å². The van der Waals surface area contributed by atoms with Crippen LogP contribution in [0.1, 0.15) is 5.56 Å². The molecule has 0 saturated carbocycles. The molecule has 3 rings (SSSR count). The van der Waals surface area contributed by atoms with E-state index in [1.165, 1.54) is 30.2 Å². The summed E-state index contributed by atoms with van der Waals surface area (Å²) in [4.78, 5) is 48.8. The summed E-state index contributed by atoms with van der Waals surface area (Å²) in [5.41, 5.74) is 4.00. The van der Waals surface area contributed by atoms with Crippen LogP contribution >= 0.6 is 23.1 Å². The number of methoxy groups -OCH3 is 1. The molecule has 150 valence electrons. The Balaban J connectivity index is 1.81. The van der Waals surface area contributed by atoms with Gasteiger partial charge in [-0.05, 0) is 22.4 Å². The molecule has 3 amide bonds. The Kier molecular flexibility index (Phi) is 5.63. The van der Waals surface area contributed by atoms with E-state index in [1.54, 1.807) is 6.07 Å². The topological polar surface area (TPSA) is 148 Å². The molecule has 2 aliphatic rings. The van der Waals surface area contributed by atoms with Crippen molar-refractivity contribution in [1.29, 1.82) is 0 Å². The number of amides is 3. The third kappa shape index (κ3) is 3.45. The molecule has 1 aromatic heterocycles. The van der Waals surface area contributed by atoms with Crippen LogP contribution in [0.2, 0.25) is 0 Å². The van der Waals surface area contributed by atoms with Gasteiger partial charge in [0.2, 0.25) is 5.91 Å². The average molecular weight is 427 g/mol. The summed E-state index contributed by atoms with van der Waals surface area (Å²) in [7, 11) is 1.27. The molecule has 2 aliphatic heterocycles. The van der Waals surface area contributed by atoms with Crippen molar-refractivity contribution in [3.8, 4) is 0 Å². The number of β-lactam (4-membered cyclic amide) rings is 1. The third-order valence-electron chi connectivity index (χ3n) is 4.29. The second-order valence-corrected chi connectivity index (χ2v) is 7.85. The van der Waals surface area contributed by atoms with Crippen LogP contribution in [0.25, 0.3) is 0 Å². The van der Waals surface area contributed by atoms with Crippen LogP contribution in [0.5, 0.6) is 0 Å². The van der Waals surface area contributed by atoms with Crippen molar-refractivity contribution in [2.24, 2.45) is 5.73 Å². The zero-order valence-electron chi connectivity index (χ0n) is 14.7. The van der Waals surface area contributed by atoms with E-state index in [9.17, 15) is 24.3 Å². The highest BCUT2D eigenvalue weighted by Crippen LogP contribution is 2.46. The van der Waals surface area contributed by atoms with Crippen LogP contribution < -0.4 is 11.1 Å². The first-order valence-electron chi connectivity index (χ1n) is 8.00. The standard InChI is InChI=1S/C16H17N3O7S2/c1-25-16(18-10(20)4-8-2-3-27-6-8)13(23)19-11(12(21)22)9(5-26-15(17)24)7-28-14(16)19/h2-3,6,14H,4-5,7H2,1H3,(H2,17,24)(H,18,20)(H,21,22)/t14-,16+/m1/s1. The number of carboxylic acids is 1. The predicted molar refractivity (Wildman–Crippen MR) is 99.2 cm³/mol. The Labute approximate surface area is 167 Å². The summed E-state index contributed by atoms with van der Waals surface area (Å²) in [6.07, 6.45) is -0.982. The molecule has 1 aromatic rings. The quantitative estimate of drug-likeness (QED) is 0.410. The van der Waals surface area contributed by atoms with E-state index in [1.807, 2.05) is 10.8 Å². The number of nitrogens with one attached hydrogen (secondary N) is 1. The number of rotatable bonds is 7. The minimum absolute atomic E-state index is 0.0681. The zero-order valence-corrected chi connectivity index (χ0v) is 16.3. The number of carboxylic acid groups (broad SMARTS) is 1. The number of aliphatic carboxylic acids is 1. The van der Waals surface area contributed by atoms with Crippen LogP contribution in [0.3, 0.4) is 0 Å². The predicted octanol–water partition coefficient (Wildman–Crippen LogP) is 0.0986. The Hall–Kier alpha value is -2.57. The first-order valence-corrected chi connectivity index (χ1v) is 9.99. The van der Waals surface area contributed by atoms with Gasteiger partial charge in [0.25, 0.3) is 11.6 Å². The van der Waals surface area contributed by atoms with Gasteiger partial charge >= 0.3 is 12.1 Å². The molecule has 10 nitrogen and oxygen atoms in total. The summed E-state index contributed by atoms with van der Waals surface area (Å²) in [5, 5.41) is 15.0. The Bertz CT molecular complexity index is 854. The number of fused-ring (bicyclic) bond motifs is 1. The first-order chi connectivity index (χ1) is 13.3. The maximum absolute atomic E-state index is 12.8. The molecule has 0 aromatic carbocycles. The van der Waals surface area contributed by atoms with Crippen LogP contribution in [0.4, 0.5) is 4.79 Å². The lowest BCUT2D eigenvalue weighted by Crippen LogP contribution is -2.80. The molecule has 28 heavy (non-hydrogen) atoms. The average Bonchev–Trinajstić information content (AvgIpc) is 3.15. The van der Waals surface area contributed by atoms with Crippen molar-refractivity contribution < 1.29 is 33.8 Å². The van der Waals surface area contributed by atoms with Gasteiger partial charge in [-0.2, -0.15) is 11.3 Å². The summed E-state index contributed by atoms with van der Waals surface area (Å²) < 4.78 is 10.0. The van der Waals surface area contributed by atoms with Crippen molar-refractivity contribution in [2.45, 2.75) is 17.5 Å². The Morgan fingerprint density at radius 2 is 2.21 bits per heavy atom. The fraction of sp³-hybridized carbons (Fsp3) is 0.375. The summed E-state index contributed by atoms with van der Waals surface area (Å²) in [5.74, 6) is -2.32. The highest BCUT2D eigenvalue weighted by atomic mass is 32.2. The van der Waals surface area contributed by atoms with E-state index < -0.39 is 35.0 Å². The molecule has 0 aliphatic carbocycles. The largest absolute Gasteiger partial charge is 0.477 e. The number of hydrogen-bond donors (Lipinski definition) is 3. The van der Waals surface area contributed by atoms with E-state index in [4.69, 9.17) is 10.5 Å². The van der Waals surface area contributed by atoms with Crippen LogP contribution in [0.15, 0.2) is 28.1 Å². The monoisotopic (exact) mass is 427 g/mol. The maximum Gasteiger partial charge on any atom is 0.404 e. The number of primary amides is 1. The van der Waals surface area contributed by atoms with E-state index in [2.05, 4.69) is 10.1 Å². The van der Waals surface area contributed by atoms with Gasteiger partial charge in [-0.3, -0.25) is 14.5 Å². The number of nitrogens with zero attached hydrogens (tertiary/aromatic N) is 1. The Morgan fingerprint density at radius 1 is 1.46 bits per heavy atom. The van der Waals surface area contributed by atoms with Gasteiger partial charge in [-0.25, -0.2) is 9.59 Å². The van der Waals surface area contributed by atoms with Gasteiger partial charge in [0.05, 0.1) is 6.42 Å². The fourth-order valence-corrected chi connectivity index (χ4v) is 5.13. The van der Waals surface area contributed by atoms with E-state index in [-0.39, 0.29) is 30.1 Å². The Morgan fingerprint density at radius 3 is 2.79 bits per heavy atom. The second-order valence-electron chi connectivity index (χ2n) is 6.00. The highest BCUT2D eigenvalue weighted by Gasteiger charge is 2.66. The van der Waals surface area contributed by atoms with Gasteiger partial charge in [0.15, 0.2) is 0 Å². The number of nitrogens with two attached hydrogens (primary N) is 1. The van der Waals surface area contributed by atoms with E-state index in [0.29, 0.717) is 0 Å². The fourth-order valence-electron chi connectivity index (χ4n) is 3.04. The SMILES string of the molecule is CO[C@@]1(NC(=O)Cc2ccsc2)C(=O)N2C(C(=O)O)=C(COC(N)=O)CS[C@@H]21. The molecule has 3 heterocycles. The van der Waals surface area contributed by atoms with Gasteiger partial charge in [0, 0.05) is 18.4 Å². The molecule has 0 unspecified atom stereocenters. The molecule has 0 radical (unpaired) electrons. The molecule has 2 atom stereocenters. The molecule has 0 bridgehead atoms. The summed E-state index contributed by atoms with van der Waals surface area (Å²) in [6, 6.07) is 1.80. The van der Waals surface area contributed by atoms with Crippen LogP contribution in [0, 0.1) is 0 Å². The maximum atomic E-state index is 12.8. The normalized spacial score (nSPS) is 23.7. The smallest absolute Gasteiger partial charge is 0.404 e. The minimum Gasteiger partial charge on any atom is -0.477 e. The number of thioether (sulfide) groups is 1. The summed E-state index contributed by atoms with van der Waals surface area (Å²) >= 11 is 2.64. The summed E-state index contributed by atoms with van der Waals surface area (Å²) in [6.45, 7) is -0.342. The number of ether oxygens (including phenoxy) is 2. The number of carbonyl (C=O) groups is 4. The van der Waals surface area contributed by atoms with Crippen LogP contribution in [-0.2, 0) is 30.3 Å². The van der Waals surface area contributed by atoms with Crippen molar-refractivity contribution >= 4 is 47.0 Å². The van der Waals surface area contributed by atoms with Gasteiger partial charge < -0.3 is 25.6 Å². The van der Waals surface area contributed by atoms with Crippen molar-refractivity contribution in [3.05, 3.63) is 33.7 Å². The van der Waals surface area contributed by atoms with E-state index >= 15 is 0 Å². The van der Waals surface area contributed by atoms with Gasteiger partial charge in [-0.15, -0.1) is 11.8 Å². The van der Waals surface area contributed by atoms with Gasteiger partial charge in [0.1, 0.15) is 17.7 Å². The minimum atomic E-state index is -1.66. The lowest BCUT2D eigenvalue weighted by Gasteiger charge is -2.55. The number of hydrogen-bond acceptors (Lipinski definition) is 8. The molecule has 0 spiro atoms. The lowest BCUT2D eigenvalue weighted by molar-refractivity contribution is -0.192. The number of thiophene rings is 1.